The van der Waals surface area contributed by atoms with E-state index >= 15 is 0 Å². The van der Waals surface area contributed by atoms with Crippen molar-refractivity contribution in [3.05, 3.63) is 115 Å². The predicted octanol–water partition coefficient (Wildman–Crippen LogP) is 3.06. The maximum absolute atomic E-state index is 13.1. The molecular weight excluding hydrogens is 617 g/mol. The molecule has 212 valence electrons. The molecule has 0 radical (unpaired) electrons. The average molecular weight is 635 g/mol. The standard InChI is InChI=1S/C25H18N2O10S4/c26-27-25(38(28,29)21-15-11-19(12-16-21)36-40(32,33)23-7-3-1-4-8-23)39(30,31)22-17-13-20(14-18-22)37-41(34,35)24-9-5-2-6-10-24/h1-18H. The van der Waals surface area contributed by atoms with E-state index in [9.17, 15) is 39.2 Å². The van der Waals surface area contributed by atoms with Crippen molar-refractivity contribution >= 4 is 44.3 Å². The van der Waals surface area contributed by atoms with Crippen LogP contribution in [0.2, 0.25) is 0 Å². The lowest BCUT2D eigenvalue weighted by atomic mass is 10.3. The summed E-state index contributed by atoms with van der Waals surface area (Å²) in [5.74, 6) is -0.529. The zero-order chi connectivity index (χ0) is 29.9. The molecule has 0 amide bonds. The van der Waals surface area contributed by atoms with Gasteiger partial charge in [-0.1, -0.05) is 36.4 Å². The van der Waals surface area contributed by atoms with E-state index in [1.54, 1.807) is 12.1 Å². The first-order valence-corrected chi connectivity index (χ1v) is 17.0. The Balaban J connectivity index is 1.57. The molecule has 0 aromatic heterocycles. The minimum absolute atomic E-state index is 0.147. The molecule has 0 N–H and O–H groups in total. The Morgan fingerprint density at radius 3 is 1.07 bits per heavy atom. The van der Waals surface area contributed by atoms with Crippen LogP contribution in [0.25, 0.3) is 5.53 Å². The monoisotopic (exact) mass is 634 g/mol. The molecule has 41 heavy (non-hydrogen) atoms. The summed E-state index contributed by atoms with van der Waals surface area (Å²) in [5, 5.41) is 0. The van der Waals surface area contributed by atoms with Gasteiger partial charge >= 0.3 is 24.6 Å². The van der Waals surface area contributed by atoms with Gasteiger partial charge in [-0.3, -0.25) is 0 Å². The highest BCUT2D eigenvalue weighted by Crippen LogP contribution is 2.26. The van der Waals surface area contributed by atoms with Crippen molar-refractivity contribution in [3.63, 3.8) is 0 Å². The smallest absolute Gasteiger partial charge is 0.379 e. The number of rotatable bonds is 8. The van der Waals surface area contributed by atoms with E-state index in [-0.39, 0.29) is 21.3 Å². The summed E-state index contributed by atoms with van der Waals surface area (Å²) in [4.78, 5) is 0.928. The highest BCUT2D eigenvalue weighted by Gasteiger charge is 2.44. The second-order valence-electron chi connectivity index (χ2n) is 8.02. The van der Waals surface area contributed by atoms with Crippen LogP contribution in [-0.4, -0.2) is 42.8 Å². The molecule has 4 aromatic carbocycles. The van der Waals surface area contributed by atoms with Crippen molar-refractivity contribution in [2.75, 3.05) is 0 Å². The minimum Gasteiger partial charge on any atom is -0.379 e. The van der Waals surface area contributed by atoms with Crippen LogP contribution in [0.1, 0.15) is 0 Å². The molecule has 0 unspecified atom stereocenters. The van der Waals surface area contributed by atoms with Crippen LogP contribution in [0.3, 0.4) is 0 Å². The van der Waals surface area contributed by atoms with Gasteiger partial charge in [0.2, 0.25) is 0 Å². The third-order valence-corrected chi connectivity index (χ3v) is 12.0. The van der Waals surface area contributed by atoms with Gasteiger partial charge in [-0.25, -0.2) is 16.8 Å². The summed E-state index contributed by atoms with van der Waals surface area (Å²) in [6.07, 6.45) is 0. The molecule has 0 heterocycles. The van der Waals surface area contributed by atoms with Crippen LogP contribution in [0.15, 0.2) is 129 Å². The zero-order valence-electron chi connectivity index (χ0n) is 20.5. The van der Waals surface area contributed by atoms with E-state index in [4.69, 9.17) is 8.37 Å². The van der Waals surface area contributed by atoms with Gasteiger partial charge in [0.25, 0.3) is 19.7 Å². The van der Waals surface area contributed by atoms with Crippen molar-refractivity contribution in [3.8, 4) is 11.5 Å². The van der Waals surface area contributed by atoms with Gasteiger partial charge < -0.3 is 13.9 Å². The lowest BCUT2D eigenvalue weighted by molar-refractivity contribution is 0.00380. The van der Waals surface area contributed by atoms with Gasteiger partial charge in [0.15, 0.2) is 0 Å². The highest BCUT2D eigenvalue weighted by atomic mass is 32.3. The molecule has 0 aliphatic carbocycles. The van der Waals surface area contributed by atoms with Gasteiger partial charge in [0.1, 0.15) is 21.3 Å². The Bertz CT molecular complexity index is 1910. The molecule has 12 nitrogen and oxygen atoms in total. The SMILES string of the molecule is [N-]=[N+]=C(S(=O)(=O)c1ccc(OS(=O)(=O)c2ccccc2)cc1)S(=O)(=O)c1ccc(OS(=O)(=O)c2ccccc2)cc1. The van der Waals surface area contributed by atoms with Crippen LogP contribution in [0.4, 0.5) is 0 Å². The predicted molar refractivity (Wildman–Crippen MR) is 144 cm³/mol. The summed E-state index contributed by atoms with van der Waals surface area (Å²) >= 11 is 0. The molecule has 0 atom stereocenters. The van der Waals surface area contributed by atoms with Gasteiger partial charge in [-0.2, -0.15) is 16.8 Å². The molecule has 0 aliphatic heterocycles. The Labute approximate surface area is 236 Å². The van der Waals surface area contributed by atoms with E-state index in [1.807, 2.05) is 0 Å². The normalized spacial score (nSPS) is 12.2. The fraction of sp³-hybridized carbons (Fsp3) is 0. The molecular formula is C25H18N2O10S4. The van der Waals surface area contributed by atoms with Gasteiger partial charge in [-0.15, -0.1) is 4.79 Å². The topological polar surface area (TPSA) is 191 Å². The number of hydrogen-bond acceptors (Lipinski definition) is 10. The van der Waals surface area contributed by atoms with E-state index < -0.39 is 54.1 Å². The molecule has 0 spiro atoms. The number of sulfone groups is 2. The molecule has 0 fully saturated rings. The van der Waals surface area contributed by atoms with E-state index in [2.05, 4.69) is 4.79 Å². The summed E-state index contributed by atoms with van der Waals surface area (Å²) < 4.78 is 110. The first-order chi connectivity index (χ1) is 19.3. The van der Waals surface area contributed by atoms with Gasteiger partial charge in [0, 0.05) is 0 Å². The summed E-state index contributed by atoms with van der Waals surface area (Å²) in [6, 6.07) is 21.7. The van der Waals surface area contributed by atoms with Crippen LogP contribution in [-0.2, 0) is 39.9 Å². The number of benzene rings is 4. The maximum Gasteiger partial charge on any atom is 0.504 e. The fourth-order valence-electron chi connectivity index (χ4n) is 3.33. The molecule has 16 heteroatoms. The lowest BCUT2D eigenvalue weighted by Crippen LogP contribution is -2.26. The van der Waals surface area contributed by atoms with Crippen molar-refractivity contribution in [2.24, 2.45) is 0 Å². The lowest BCUT2D eigenvalue weighted by Gasteiger charge is -2.08. The van der Waals surface area contributed by atoms with E-state index in [0.717, 1.165) is 48.5 Å². The molecule has 4 aromatic rings. The van der Waals surface area contributed by atoms with Gasteiger partial charge in [0.05, 0.1) is 9.79 Å². The Kier molecular flexibility index (Phi) is 8.15. The minimum atomic E-state index is -4.96. The first kappa shape index (κ1) is 29.6. The van der Waals surface area contributed by atoms with Crippen LogP contribution >= 0.6 is 0 Å². The van der Waals surface area contributed by atoms with E-state index in [1.165, 1.54) is 48.5 Å². The fourth-order valence-corrected chi connectivity index (χ4v) is 8.57. The Hall–Kier alpha value is -4.34. The van der Waals surface area contributed by atoms with Crippen LogP contribution < -0.4 is 8.37 Å². The Morgan fingerprint density at radius 1 is 0.463 bits per heavy atom. The third-order valence-electron chi connectivity index (χ3n) is 5.29. The van der Waals surface area contributed by atoms with Crippen molar-refractivity contribution in [1.82, 2.24) is 0 Å². The van der Waals surface area contributed by atoms with Crippen LogP contribution in [0, 0.1) is 0 Å². The molecule has 0 aliphatic rings. The Morgan fingerprint density at radius 2 is 0.780 bits per heavy atom. The number of nitrogens with zero attached hydrogens (tertiary/aromatic N) is 2. The molecule has 4 rings (SSSR count). The first-order valence-electron chi connectivity index (χ1n) is 11.2. The largest absolute Gasteiger partial charge is 0.504 e. The summed E-state index contributed by atoms with van der Waals surface area (Å²) in [7, 11) is -18.4. The van der Waals surface area contributed by atoms with E-state index in [0.29, 0.717) is 0 Å². The second-order valence-corrected chi connectivity index (χ2v) is 15.1. The highest BCUT2D eigenvalue weighted by molar-refractivity contribution is 8.31. The number of hydrogen-bond donors (Lipinski definition) is 0. The second kappa shape index (κ2) is 11.3. The summed E-state index contributed by atoms with van der Waals surface area (Å²) in [5.41, 5.74) is 9.41. The molecule has 0 saturated heterocycles. The third kappa shape index (κ3) is 6.37. The molecule has 0 bridgehead atoms. The quantitative estimate of drug-likeness (QED) is 0.0915. The molecule has 0 saturated carbocycles. The maximum atomic E-state index is 13.1. The summed E-state index contributed by atoms with van der Waals surface area (Å²) in [6.45, 7) is 0. The van der Waals surface area contributed by atoms with Crippen LogP contribution in [0.5, 0.6) is 11.5 Å². The van der Waals surface area contributed by atoms with Crippen molar-refractivity contribution < 1.29 is 46.8 Å². The average Bonchev–Trinajstić information content (AvgIpc) is 2.94. The van der Waals surface area contributed by atoms with Gasteiger partial charge in [-0.05, 0) is 72.8 Å². The van der Waals surface area contributed by atoms with Crippen molar-refractivity contribution in [2.45, 2.75) is 19.6 Å². The zero-order valence-corrected chi connectivity index (χ0v) is 23.8. The van der Waals surface area contributed by atoms with Crippen molar-refractivity contribution in [1.29, 1.82) is 0 Å².